The van der Waals surface area contributed by atoms with E-state index < -0.39 is 5.60 Å². The van der Waals surface area contributed by atoms with Crippen LogP contribution in [0.5, 0.6) is 11.5 Å². The van der Waals surface area contributed by atoms with Crippen molar-refractivity contribution in [3.63, 3.8) is 0 Å². The molecule has 4 N–H and O–H groups in total. The predicted octanol–water partition coefficient (Wildman–Crippen LogP) is 2.53. The van der Waals surface area contributed by atoms with Gasteiger partial charge in [-0.05, 0) is 20.8 Å². The molecular formula is C24H31N7O4. The highest BCUT2D eigenvalue weighted by molar-refractivity contribution is 5.69. The van der Waals surface area contributed by atoms with Crippen LogP contribution in [0.15, 0.2) is 49.3 Å². The Morgan fingerprint density at radius 3 is 2.09 bits per heavy atom. The van der Waals surface area contributed by atoms with Gasteiger partial charge < -0.3 is 35.1 Å². The molecule has 186 valence electrons. The molecule has 0 unspecified atom stereocenters. The summed E-state index contributed by atoms with van der Waals surface area (Å²) in [5.74, 6) is 2.37. The second-order valence-corrected chi connectivity index (χ2v) is 9.39. The number of amides is 1. The van der Waals surface area contributed by atoms with Crippen LogP contribution in [0.25, 0.3) is 0 Å². The first-order chi connectivity index (χ1) is 16.7. The van der Waals surface area contributed by atoms with Crippen molar-refractivity contribution in [3.05, 3.63) is 55.1 Å². The lowest BCUT2D eigenvalue weighted by atomic mass is 10.1. The van der Waals surface area contributed by atoms with Gasteiger partial charge in [-0.25, -0.2) is 9.78 Å². The van der Waals surface area contributed by atoms with Gasteiger partial charge in [0.15, 0.2) is 0 Å². The number of rotatable bonds is 4. The van der Waals surface area contributed by atoms with E-state index >= 15 is 0 Å². The van der Waals surface area contributed by atoms with Gasteiger partial charge in [0.05, 0.1) is 43.4 Å². The Morgan fingerprint density at radius 1 is 0.943 bits per heavy atom. The van der Waals surface area contributed by atoms with Crippen LogP contribution in [-0.4, -0.2) is 61.4 Å². The van der Waals surface area contributed by atoms with Crippen LogP contribution in [-0.2, 0) is 17.7 Å². The molecule has 0 radical (unpaired) electrons. The maximum absolute atomic E-state index is 11.7. The van der Waals surface area contributed by atoms with Crippen molar-refractivity contribution in [1.29, 1.82) is 0 Å². The second-order valence-electron chi connectivity index (χ2n) is 9.39. The molecule has 5 heterocycles. The number of aromatic nitrogens is 4. The normalized spacial score (nSPS) is 17.0. The van der Waals surface area contributed by atoms with Crippen molar-refractivity contribution in [2.75, 3.05) is 24.6 Å². The molecule has 0 aromatic carbocycles. The number of hydrogen-bond acceptors (Lipinski definition) is 9. The van der Waals surface area contributed by atoms with Gasteiger partial charge in [0.2, 0.25) is 0 Å². The highest BCUT2D eigenvalue weighted by atomic mass is 16.6. The number of hydrogen-bond donors (Lipinski definition) is 2. The number of carbonyl (C=O) groups excluding carboxylic acids is 1. The molecule has 11 nitrogen and oxygen atoms in total. The van der Waals surface area contributed by atoms with E-state index in [-0.39, 0.29) is 18.3 Å². The zero-order chi connectivity index (χ0) is 25.0. The molecule has 0 bridgehead atoms. The van der Waals surface area contributed by atoms with Gasteiger partial charge in [0.25, 0.3) is 0 Å². The number of imidazole rings is 1. The lowest BCUT2D eigenvalue weighted by Crippen LogP contribution is -2.57. The second kappa shape index (κ2) is 10.1. The Labute approximate surface area is 204 Å². The number of nitrogens with two attached hydrogens (primary N) is 2. The number of pyridine rings is 2. The van der Waals surface area contributed by atoms with Crippen molar-refractivity contribution < 1.29 is 19.0 Å². The quantitative estimate of drug-likeness (QED) is 0.574. The van der Waals surface area contributed by atoms with Gasteiger partial charge in [-0.2, -0.15) is 0 Å². The predicted molar refractivity (Wildman–Crippen MR) is 130 cm³/mol. The highest BCUT2D eigenvalue weighted by Crippen LogP contribution is 2.25. The Bertz CT molecular complexity index is 1130. The maximum Gasteiger partial charge on any atom is 0.410 e. The monoisotopic (exact) mass is 481 g/mol. The number of nitrogen functional groups attached to an aromatic ring is 2. The van der Waals surface area contributed by atoms with Gasteiger partial charge in [-0.1, -0.05) is 0 Å². The van der Waals surface area contributed by atoms with E-state index in [1.165, 1.54) is 0 Å². The van der Waals surface area contributed by atoms with E-state index in [9.17, 15) is 4.79 Å². The van der Waals surface area contributed by atoms with Gasteiger partial charge in [-0.3, -0.25) is 9.97 Å². The molecule has 1 saturated heterocycles. The SMILES string of the molecule is CC(C)(C)OC(=O)N1CC(Oc2ccncc2N)C1.Nc1cnccc1O[C@@H]1Cc2nccn2C1. The molecule has 35 heavy (non-hydrogen) atoms. The fraction of sp³-hybridized carbons (Fsp3) is 0.417. The standard InChI is InChI=1S/C13H19N3O3.C11H12N4O/c1-13(2,3)19-12(17)16-7-9(8-16)18-11-4-5-15-6-10(11)14;12-9-6-13-2-1-10(9)16-8-5-11-14-3-4-15(11)7-8/h4-6,9H,7-8,14H2,1-3H3;1-4,6,8H,5,7,12H2/t;8-/m.1/s1. The number of anilines is 2. The molecule has 3 aromatic heterocycles. The Morgan fingerprint density at radius 2 is 1.54 bits per heavy atom. The molecule has 5 rings (SSSR count). The molecule has 1 fully saturated rings. The molecule has 0 spiro atoms. The van der Waals surface area contributed by atoms with Crippen molar-refractivity contribution >= 4 is 17.5 Å². The van der Waals surface area contributed by atoms with Crippen LogP contribution < -0.4 is 20.9 Å². The summed E-state index contributed by atoms with van der Waals surface area (Å²) in [7, 11) is 0. The summed E-state index contributed by atoms with van der Waals surface area (Å²) in [6, 6.07) is 3.50. The van der Waals surface area contributed by atoms with Gasteiger partial charge in [0, 0.05) is 43.3 Å². The van der Waals surface area contributed by atoms with Gasteiger partial charge >= 0.3 is 6.09 Å². The minimum absolute atomic E-state index is 0.0442. The third-order valence-corrected chi connectivity index (χ3v) is 5.32. The molecule has 2 aliphatic heterocycles. The van der Waals surface area contributed by atoms with Crippen LogP contribution in [0.4, 0.5) is 16.2 Å². The van der Waals surface area contributed by atoms with Crippen molar-refractivity contribution in [3.8, 4) is 11.5 Å². The van der Waals surface area contributed by atoms with Crippen molar-refractivity contribution in [2.45, 2.75) is 51.5 Å². The van der Waals surface area contributed by atoms with Crippen molar-refractivity contribution in [1.82, 2.24) is 24.4 Å². The smallest absolute Gasteiger partial charge is 0.410 e. The van der Waals surface area contributed by atoms with Crippen LogP contribution in [0, 0.1) is 0 Å². The fourth-order valence-electron chi connectivity index (χ4n) is 3.61. The molecule has 0 aliphatic carbocycles. The molecule has 3 aromatic rings. The van der Waals surface area contributed by atoms with E-state index in [1.807, 2.05) is 33.2 Å². The first kappa shape index (κ1) is 24.1. The average Bonchev–Trinajstić information content (AvgIpc) is 3.34. The minimum atomic E-state index is -0.474. The number of carbonyl (C=O) groups is 1. The first-order valence-corrected chi connectivity index (χ1v) is 11.4. The highest BCUT2D eigenvalue weighted by Gasteiger charge is 2.35. The van der Waals surface area contributed by atoms with E-state index in [0.29, 0.717) is 36.0 Å². The average molecular weight is 482 g/mol. The Balaban J connectivity index is 0.000000167. The lowest BCUT2D eigenvalue weighted by Gasteiger charge is -2.39. The fourth-order valence-corrected chi connectivity index (χ4v) is 3.61. The summed E-state index contributed by atoms with van der Waals surface area (Å²) in [4.78, 5) is 25.4. The van der Waals surface area contributed by atoms with Crippen LogP contribution in [0.1, 0.15) is 26.6 Å². The largest absolute Gasteiger partial charge is 0.486 e. The van der Waals surface area contributed by atoms with Crippen LogP contribution in [0.3, 0.4) is 0 Å². The summed E-state index contributed by atoms with van der Waals surface area (Å²) in [6.45, 7) is 7.38. The van der Waals surface area contributed by atoms with Crippen LogP contribution >= 0.6 is 0 Å². The molecule has 0 saturated carbocycles. The van der Waals surface area contributed by atoms with Gasteiger partial charge in [0.1, 0.15) is 35.1 Å². The van der Waals surface area contributed by atoms with Crippen LogP contribution in [0.2, 0.25) is 0 Å². The van der Waals surface area contributed by atoms with E-state index in [2.05, 4.69) is 19.5 Å². The zero-order valence-electron chi connectivity index (χ0n) is 20.1. The summed E-state index contributed by atoms with van der Waals surface area (Å²) in [5, 5.41) is 0. The van der Waals surface area contributed by atoms with Gasteiger partial charge in [-0.15, -0.1) is 0 Å². The zero-order valence-corrected chi connectivity index (χ0v) is 20.1. The third-order valence-electron chi connectivity index (χ3n) is 5.32. The summed E-state index contributed by atoms with van der Waals surface area (Å²) in [6.07, 6.45) is 10.8. The summed E-state index contributed by atoms with van der Waals surface area (Å²) in [5.41, 5.74) is 12.1. The Hall–Kier alpha value is -4.02. The van der Waals surface area contributed by atoms with E-state index in [0.717, 1.165) is 18.8 Å². The topological polar surface area (TPSA) is 144 Å². The molecule has 2 aliphatic rings. The maximum atomic E-state index is 11.7. The molecule has 1 atom stereocenters. The third kappa shape index (κ3) is 6.31. The number of nitrogens with zero attached hydrogens (tertiary/aromatic N) is 5. The lowest BCUT2D eigenvalue weighted by molar-refractivity contribution is -0.0219. The summed E-state index contributed by atoms with van der Waals surface area (Å²) < 4.78 is 18.9. The summed E-state index contributed by atoms with van der Waals surface area (Å²) >= 11 is 0. The van der Waals surface area contributed by atoms with E-state index in [4.69, 9.17) is 25.7 Å². The number of ether oxygens (including phenoxy) is 3. The number of fused-ring (bicyclic) bond motifs is 1. The van der Waals surface area contributed by atoms with Crippen molar-refractivity contribution in [2.24, 2.45) is 0 Å². The molecular weight excluding hydrogens is 450 g/mol. The molecule has 1 amide bonds. The molecule has 11 heteroatoms. The minimum Gasteiger partial charge on any atom is -0.486 e. The van der Waals surface area contributed by atoms with E-state index in [1.54, 1.807) is 41.8 Å². The number of likely N-dealkylation sites (tertiary alicyclic amines) is 1. The Kier molecular flexibility index (Phi) is 6.94. The first-order valence-electron chi connectivity index (χ1n) is 11.4.